The molecule has 1 heterocycles. The molecule has 0 spiro atoms. The molecule has 1 aliphatic rings. The smallest absolute Gasteiger partial charge is 0.341 e. The number of esters is 1. The maximum Gasteiger partial charge on any atom is 0.341 e. The molecule has 0 amide bonds. The van der Waals surface area contributed by atoms with Crippen molar-refractivity contribution in [3.8, 4) is 11.5 Å². The van der Waals surface area contributed by atoms with Crippen LogP contribution < -0.4 is 25.0 Å². The van der Waals surface area contributed by atoms with Crippen LogP contribution >= 0.6 is 24.0 Å². The van der Waals surface area contributed by atoms with E-state index in [1.807, 2.05) is 24.3 Å². The van der Waals surface area contributed by atoms with Crippen LogP contribution in [0, 0.1) is 0 Å². The maximum atomic E-state index is 12.0. The molecule has 2 aromatic rings. The summed E-state index contributed by atoms with van der Waals surface area (Å²) in [6.07, 6.45) is 0.994. The number of benzene rings is 2. The third-order valence-electron chi connectivity index (χ3n) is 5.31. The summed E-state index contributed by atoms with van der Waals surface area (Å²) in [6.45, 7) is 2.31. The van der Waals surface area contributed by atoms with Gasteiger partial charge in [-0.05, 0) is 36.2 Å². The highest BCUT2D eigenvalue weighted by Gasteiger charge is 2.25. The number of nitrogens with one attached hydrogen (secondary N) is 2. The Morgan fingerprint density at radius 2 is 1.88 bits per heavy atom. The largest absolute Gasteiger partial charge is 0.496 e. The Labute approximate surface area is 206 Å². The minimum absolute atomic E-state index is 0. The number of hydrogen-bond donors (Lipinski definition) is 2. The van der Waals surface area contributed by atoms with E-state index >= 15 is 0 Å². The Kier molecular flexibility index (Phi) is 9.89. The van der Waals surface area contributed by atoms with Crippen molar-refractivity contribution in [2.24, 2.45) is 4.99 Å². The zero-order chi connectivity index (χ0) is 22.2. The molecule has 2 N–H and O–H groups in total. The van der Waals surface area contributed by atoms with Gasteiger partial charge in [0, 0.05) is 32.7 Å². The van der Waals surface area contributed by atoms with Crippen molar-refractivity contribution in [3.05, 3.63) is 53.6 Å². The van der Waals surface area contributed by atoms with Crippen molar-refractivity contribution < 1.29 is 19.0 Å². The third kappa shape index (κ3) is 6.18. The molecule has 8 nitrogen and oxygen atoms in total. The Morgan fingerprint density at radius 3 is 2.56 bits per heavy atom. The van der Waals surface area contributed by atoms with E-state index in [-0.39, 0.29) is 30.0 Å². The predicted octanol–water partition coefficient (Wildman–Crippen LogP) is 3.05. The fourth-order valence-electron chi connectivity index (χ4n) is 3.70. The quantitative estimate of drug-likeness (QED) is 0.236. The highest BCUT2D eigenvalue weighted by Crippen LogP contribution is 2.30. The van der Waals surface area contributed by atoms with E-state index in [1.54, 1.807) is 26.3 Å². The number of guanidine groups is 1. The van der Waals surface area contributed by atoms with Crippen molar-refractivity contribution in [1.82, 2.24) is 10.6 Å². The first-order chi connectivity index (χ1) is 15.1. The van der Waals surface area contributed by atoms with Crippen molar-refractivity contribution in [2.45, 2.75) is 19.0 Å². The number of para-hydroxylation sites is 2. The third-order valence-corrected chi connectivity index (χ3v) is 5.31. The number of halogens is 1. The average molecular weight is 554 g/mol. The molecule has 1 fully saturated rings. The molecule has 2 aromatic carbocycles. The topological polar surface area (TPSA) is 84.4 Å². The zero-order valence-corrected chi connectivity index (χ0v) is 21.2. The average Bonchev–Trinajstić information content (AvgIpc) is 3.29. The van der Waals surface area contributed by atoms with E-state index in [0.717, 1.165) is 36.5 Å². The number of carbonyl (C=O) groups excluding carboxylic acids is 1. The number of hydrogen-bond acceptors (Lipinski definition) is 6. The summed E-state index contributed by atoms with van der Waals surface area (Å²) in [5.41, 5.74) is 2.42. The maximum absolute atomic E-state index is 12.0. The zero-order valence-electron chi connectivity index (χ0n) is 18.9. The van der Waals surface area contributed by atoms with Gasteiger partial charge in [0.25, 0.3) is 0 Å². The highest BCUT2D eigenvalue weighted by molar-refractivity contribution is 14.0. The molecule has 3 rings (SSSR count). The van der Waals surface area contributed by atoms with E-state index in [2.05, 4.69) is 26.6 Å². The van der Waals surface area contributed by atoms with E-state index in [9.17, 15) is 4.79 Å². The molecule has 1 atom stereocenters. The van der Waals surface area contributed by atoms with E-state index in [0.29, 0.717) is 23.8 Å². The lowest BCUT2D eigenvalue weighted by Gasteiger charge is -2.22. The monoisotopic (exact) mass is 554 g/mol. The fourth-order valence-corrected chi connectivity index (χ4v) is 3.70. The summed E-state index contributed by atoms with van der Waals surface area (Å²) < 4.78 is 15.6. The number of rotatable bonds is 7. The first-order valence-corrected chi connectivity index (χ1v) is 10.2. The van der Waals surface area contributed by atoms with Crippen LogP contribution in [0.1, 0.15) is 22.3 Å². The normalized spacial score (nSPS) is 15.6. The SMILES string of the molecule is CN=C(NCc1ccc(OC)c(C(=O)OC)c1)NC1CCN(c2ccccc2OC)C1.I. The number of anilines is 1. The number of methoxy groups -OCH3 is 3. The minimum Gasteiger partial charge on any atom is -0.496 e. The summed E-state index contributed by atoms with van der Waals surface area (Å²) in [5, 5.41) is 6.80. The second kappa shape index (κ2) is 12.4. The summed E-state index contributed by atoms with van der Waals surface area (Å²) >= 11 is 0. The van der Waals surface area contributed by atoms with Crippen LogP contribution in [0.5, 0.6) is 11.5 Å². The molecule has 0 bridgehead atoms. The van der Waals surface area contributed by atoms with Crippen molar-refractivity contribution in [3.63, 3.8) is 0 Å². The molecular formula is C23H31IN4O4. The van der Waals surface area contributed by atoms with E-state index < -0.39 is 5.97 Å². The van der Waals surface area contributed by atoms with Crippen LogP contribution in [-0.2, 0) is 11.3 Å². The molecule has 0 radical (unpaired) electrons. The van der Waals surface area contributed by atoms with Gasteiger partial charge in [-0.3, -0.25) is 4.99 Å². The minimum atomic E-state index is -0.427. The van der Waals surface area contributed by atoms with Gasteiger partial charge in [-0.25, -0.2) is 4.79 Å². The van der Waals surface area contributed by atoms with Crippen molar-refractivity contribution >= 4 is 41.6 Å². The standard InChI is InChI=1S/C23H30N4O4.HI/c1-24-23(25-14-16-9-10-20(29-2)18(13-16)22(28)31-4)26-17-11-12-27(15-17)19-7-5-6-8-21(19)30-3;/h5-10,13,17H,11-12,14-15H2,1-4H3,(H2,24,25,26);1H. The molecule has 1 unspecified atom stereocenters. The van der Waals surface area contributed by atoms with Crippen LogP contribution in [0.3, 0.4) is 0 Å². The number of nitrogens with zero attached hydrogens (tertiary/aromatic N) is 2. The molecule has 174 valence electrons. The lowest BCUT2D eigenvalue weighted by atomic mass is 10.1. The molecule has 1 aliphatic heterocycles. The summed E-state index contributed by atoms with van der Waals surface area (Å²) in [6, 6.07) is 13.8. The van der Waals surface area contributed by atoms with Gasteiger partial charge >= 0.3 is 5.97 Å². The first kappa shape index (κ1) is 25.6. The lowest BCUT2D eigenvalue weighted by molar-refractivity contribution is 0.0597. The van der Waals surface area contributed by atoms with Gasteiger partial charge in [-0.15, -0.1) is 24.0 Å². The van der Waals surface area contributed by atoms with Crippen molar-refractivity contribution in [1.29, 1.82) is 0 Å². The predicted molar refractivity (Wildman–Crippen MR) is 137 cm³/mol. The molecule has 0 aromatic heterocycles. The number of aliphatic imine (C=N–C) groups is 1. The van der Waals surface area contributed by atoms with E-state index in [4.69, 9.17) is 14.2 Å². The molecule has 9 heteroatoms. The second-order valence-corrected chi connectivity index (χ2v) is 7.20. The van der Waals surface area contributed by atoms with E-state index in [1.165, 1.54) is 14.2 Å². The van der Waals surface area contributed by atoms with Crippen LogP contribution in [0.4, 0.5) is 5.69 Å². The summed E-state index contributed by atoms with van der Waals surface area (Å²) in [4.78, 5) is 18.6. The van der Waals surface area contributed by atoms with Crippen LogP contribution in [0.25, 0.3) is 0 Å². The molecule has 32 heavy (non-hydrogen) atoms. The van der Waals surface area contributed by atoms with Gasteiger partial charge in [0.15, 0.2) is 5.96 Å². The first-order valence-electron chi connectivity index (χ1n) is 10.2. The van der Waals surface area contributed by atoms with Crippen LogP contribution in [0.2, 0.25) is 0 Å². The Hall–Kier alpha value is -2.69. The lowest BCUT2D eigenvalue weighted by Crippen LogP contribution is -2.44. The van der Waals surface area contributed by atoms with Gasteiger partial charge in [0.1, 0.15) is 17.1 Å². The Balaban J connectivity index is 0.00000363. The number of ether oxygens (including phenoxy) is 3. The highest BCUT2D eigenvalue weighted by atomic mass is 127. The Bertz CT molecular complexity index is 938. The second-order valence-electron chi connectivity index (χ2n) is 7.20. The van der Waals surface area contributed by atoms with Crippen LogP contribution in [0.15, 0.2) is 47.5 Å². The van der Waals surface area contributed by atoms with Crippen molar-refractivity contribution in [2.75, 3.05) is 46.4 Å². The van der Waals surface area contributed by atoms with Crippen LogP contribution in [-0.4, -0.2) is 59.4 Å². The van der Waals surface area contributed by atoms with Gasteiger partial charge in [-0.1, -0.05) is 18.2 Å². The summed E-state index contributed by atoms with van der Waals surface area (Å²) in [5.74, 6) is 1.65. The molecule has 0 aliphatic carbocycles. The van der Waals surface area contributed by atoms with Gasteiger partial charge < -0.3 is 29.7 Å². The molecule has 1 saturated heterocycles. The fraction of sp³-hybridized carbons (Fsp3) is 0.391. The summed E-state index contributed by atoms with van der Waals surface area (Å²) in [7, 11) is 6.33. The Morgan fingerprint density at radius 1 is 1.12 bits per heavy atom. The van der Waals surface area contributed by atoms with Gasteiger partial charge in [0.2, 0.25) is 0 Å². The van der Waals surface area contributed by atoms with Gasteiger partial charge in [0.05, 0.1) is 27.0 Å². The number of carbonyl (C=O) groups is 1. The molecular weight excluding hydrogens is 523 g/mol. The van der Waals surface area contributed by atoms with Gasteiger partial charge in [-0.2, -0.15) is 0 Å². The molecule has 0 saturated carbocycles.